The Morgan fingerprint density at radius 2 is 0.694 bits per heavy atom. The molecule has 0 heterocycles. The van der Waals surface area contributed by atoms with Crippen LogP contribution in [-0.4, -0.2) is 5.78 Å². The molecule has 318 valence electrons. The number of benzene rings is 8. The third kappa shape index (κ3) is 13.9. The molecule has 5 nitrogen and oxygen atoms in total. The molecule has 0 atom stereocenters. The van der Waals surface area contributed by atoms with E-state index in [0.29, 0.717) is 32.7 Å². The van der Waals surface area contributed by atoms with E-state index in [-0.39, 0.29) is 35.5 Å². The number of para-hydroxylation sites is 1. The zero-order valence-corrected chi connectivity index (χ0v) is 33.3. The minimum absolute atomic E-state index is 0. The summed E-state index contributed by atoms with van der Waals surface area (Å²) in [4.78, 5) is 13.5. The lowest BCUT2D eigenvalue weighted by atomic mass is 9.94. The topological polar surface area (TPSA) is 54.0 Å². The summed E-state index contributed by atoms with van der Waals surface area (Å²) in [6.07, 6.45) is 0. The Hall–Kier alpha value is -6.79. The predicted octanol–water partition coefficient (Wildman–Crippen LogP) is 17.9. The van der Waals surface area contributed by atoms with Crippen molar-refractivity contribution in [1.82, 2.24) is 0 Å². The zero-order chi connectivity index (χ0) is 40.3. The molecule has 0 aliphatic rings. The quantitative estimate of drug-likeness (QED) is 0.121. The van der Waals surface area contributed by atoms with Crippen LogP contribution in [0.15, 0.2) is 194 Å². The summed E-state index contributed by atoms with van der Waals surface area (Å²) < 4.78 is 23.4. The van der Waals surface area contributed by atoms with E-state index in [4.69, 9.17) is 42.1 Å². The lowest BCUT2D eigenvalue weighted by Crippen LogP contribution is -2.04. The smallest absolute Gasteiger partial charge is 0.193 e. The Labute approximate surface area is 378 Å². The van der Waals surface area contributed by atoms with E-state index in [0.717, 1.165) is 51.2 Å². The Morgan fingerprint density at radius 3 is 1.11 bits per heavy atom. The summed E-state index contributed by atoms with van der Waals surface area (Å²) >= 11 is 11.5. The van der Waals surface area contributed by atoms with Gasteiger partial charge in [-0.15, -0.1) is 0 Å². The molecule has 8 rings (SSSR count). The van der Waals surface area contributed by atoms with E-state index < -0.39 is 0 Å². The maximum Gasteiger partial charge on any atom is 0.193 e. The molecule has 8 aromatic rings. The first kappa shape index (κ1) is 49.6. The van der Waals surface area contributed by atoms with Gasteiger partial charge >= 0.3 is 0 Å². The fourth-order valence-electron chi connectivity index (χ4n) is 5.81. The number of halogens is 2. The molecular weight excluding hydrogens is 812 g/mol. The summed E-state index contributed by atoms with van der Waals surface area (Å²) in [7, 11) is 0. The van der Waals surface area contributed by atoms with Crippen molar-refractivity contribution in [1.29, 1.82) is 0 Å². The van der Waals surface area contributed by atoms with Crippen LogP contribution in [-0.2, 0) is 0 Å². The summed E-state index contributed by atoms with van der Waals surface area (Å²) in [5, 5.41) is 1.39. The highest BCUT2D eigenvalue weighted by Gasteiger charge is 2.14. The van der Waals surface area contributed by atoms with Gasteiger partial charge in [0.1, 0.15) is 46.0 Å². The van der Waals surface area contributed by atoms with Crippen molar-refractivity contribution in [2.75, 3.05) is 0 Å². The molecular formula is C55H54Cl2O5. The van der Waals surface area contributed by atoms with Gasteiger partial charge in [0.25, 0.3) is 0 Å². The number of carbonyl (C=O) groups is 1. The van der Waals surface area contributed by atoms with Gasteiger partial charge in [-0.05, 0) is 170 Å². The molecule has 0 saturated heterocycles. The lowest BCUT2D eigenvalue weighted by Gasteiger charge is -2.11. The van der Waals surface area contributed by atoms with Gasteiger partial charge in [-0.3, -0.25) is 4.79 Å². The van der Waals surface area contributed by atoms with Gasteiger partial charge in [0.05, 0.1) is 0 Å². The van der Waals surface area contributed by atoms with Gasteiger partial charge < -0.3 is 18.9 Å². The minimum atomic E-state index is -0.0346. The molecule has 8 aromatic carbocycles. The maximum atomic E-state index is 13.5. The number of rotatable bonds is 11. The Bertz CT molecular complexity index is 2510. The molecule has 0 bridgehead atoms. The third-order valence-corrected chi connectivity index (χ3v) is 9.45. The summed E-state index contributed by atoms with van der Waals surface area (Å²) in [6, 6.07) is 60.5. The van der Waals surface area contributed by atoms with Crippen molar-refractivity contribution in [2.45, 2.75) is 43.6 Å². The highest BCUT2D eigenvalue weighted by molar-refractivity contribution is 6.30. The number of carbonyl (C=O) groups excluding carboxylic acids is 1. The van der Waals surface area contributed by atoms with E-state index in [1.165, 1.54) is 5.56 Å². The largest absolute Gasteiger partial charge is 0.457 e. The van der Waals surface area contributed by atoms with Crippen LogP contribution in [0.3, 0.4) is 0 Å². The van der Waals surface area contributed by atoms with Crippen LogP contribution < -0.4 is 18.9 Å². The summed E-state index contributed by atoms with van der Waals surface area (Å²) in [6.45, 7) is 4.01. The maximum absolute atomic E-state index is 13.5. The standard InChI is InChI=1S/C39H30O4.C12H8Cl2O.4CH4/c1-27-8-16-33(17-9-27)42-34-18-12-29(13-19-34)31-11-10-28(2)38(26-31)39(40)30-14-20-35(21-15-30)43-37-24-22-36(23-25-37)41-32-6-4-3-5-7-32;13-9-1-5-11(6-2-9)15-12-7-3-10(14)4-8-12;;;;/h3-26H,1-2H3;1-8H;4*1H4. The number of ether oxygens (including phenoxy) is 4. The molecule has 0 radical (unpaired) electrons. The first-order valence-corrected chi connectivity index (χ1v) is 19.3. The Balaban J connectivity index is 0.000000459. The van der Waals surface area contributed by atoms with Crippen molar-refractivity contribution < 1.29 is 23.7 Å². The van der Waals surface area contributed by atoms with Gasteiger partial charge in [-0.2, -0.15) is 0 Å². The van der Waals surface area contributed by atoms with Crippen LogP contribution in [0.5, 0.6) is 46.0 Å². The highest BCUT2D eigenvalue weighted by Crippen LogP contribution is 2.31. The number of hydrogen-bond acceptors (Lipinski definition) is 5. The molecule has 0 amide bonds. The van der Waals surface area contributed by atoms with Gasteiger partial charge in [0, 0.05) is 21.2 Å². The van der Waals surface area contributed by atoms with Crippen molar-refractivity contribution in [3.05, 3.63) is 226 Å². The van der Waals surface area contributed by atoms with Crippen LogP contribution in [0.25, 0.3) is 11.1 Å². The second kappa shape index (κ2) is 23.9. The van der Waals surface area contributed by atoms with Crippen LogP contribution in [0.2, 0.25) is 10.0 Å². The van der Waals surface area contributed by atoms with Crippen molar-refractivity contribution in [3.63, 3.8) is 0 Å². The average Bonchev–Trinajstić information content (AvgIpc) is 3.25. The van der Waals surface area contributed by atoms with E-state index in [9.17, 15) is 4.79 Å². The SMILES string of the molecule is C.C.C.C.Cc1ccc(Oc2ccc(-c3ccc(C)c(C(=O)c4ccc(Oc5ccc(Oc6ccccc6)cc5)cc4)c3)cc2)cc1.Clc1ccc(Oc2ccc(Cl)cc2)cc1. The summed E-state index contributed by atoms with van der Waals surface area (Å²) in [5.74, 6) is 5.85. The molecule has 0 aliphatic carbocycles. The lowest BCUT2D eigenvalue weighted by molar-refractivity contribution is 0.103. The van der Waals surface area contributed by atoms with Crippen LogP contribution in [0.1, 0.15) is 56.8 Å². The van der Waals surface area contributed by atoms with Crippen molar-refractivity contribution in [2.24, 2.45) is 0 Å². The van der Waals surface area contributed by atoms with Crippen molar-refractivity contribution >= 4 is 29.0 Å². The van der Waals surface area contributed by atoms with Gasteiger partial charge in [-0.25, -0.2) is 0 Å². The third-order valence-electron chi connectivity index (χ3n) is 8.94. The first-order chi connectivity index (χ1) is 28.2. The predicted molar refractivity (Wildman–Crippen MR) is 261 cm³/mol. The molecule has 0 spiro atoms. The van der Waals surface area contributed by atoms with Gasteiger partial charge in [0.2, 0.25) is 0 Å². The van der Waals surface area contributed by atoms with Crippen LogP contribution >= 0.6 is 23.2 Å². The molecule has 62 heavy (non-hydrogen) atoms. The minimum Gasteiger partial charge on any atom is -0.457 e. The number of aryl methyl sites for hydroxylation is 2. The molecule has 0 saturated carbocycles. The second-order valence-corrected chi connectivity index (χ2v) is 14.2. The van der Waals surface area contributed by atoms with Crippen molar-refractivity contribution in [3.8, 4) is 57.1 Å². The van der Waals surface area contributed by atoms with Gasteiger partial charge in [-0.1, -0.05) is 113 Å². The zero-order valence-electron chi connectivity index (χ0n) is 31.8. The molecule has 0 fully saturated rings. The average molecular weight is 866 g/mol. The Morgan fingerprint density at radius 1 is 0.371 bits per heavy atom. The van der Waals surface area contributed by atoms with E-state index in [1.54, 1.807) is 36.4 Å². The monoisotopic (exact) mass is 864 g/mol. The van der Waals surface area contributed by atoms with Crippen LogP contribution in [0.4, 0.5) is 0 Å². The number of ketones is 1. The molecule has 7 heteroatoms. The highest BCUT2D eigenvalue weighted by atomic mass is 35.5. The Kier molecular flexibility index (Phi) is 19.1. The van der Waals surface area contributed by atoms with Gasteiger partial charge in [0.15, 0.2) is 5.78 Å². The van der Waals surface area contributed by atoms with E-state index in [1.807, 2.05) is 172 Å². The second-order valence-electron chi connectivity index (χ2n) is 13.3. The molecule has 0 N–H and O–H groups in total. The van der Waals surface area contributed by atoms with E-state index in [2.05, 4.69) is 0 Å². The fraction of sp³-hybridized carbons (Fsp3) is 0.109. The van der Waals surface area contributed by atoms with Crippen LogP contribution in [0, 0.1) is 13.8 Å². The number of hydrogen-bond donors (Lipinski definition) is 0. The van der Waals surface area contributed by atoms with E-state index >= 15 is 0 Å². The molecule has 0 aliphatic heterocycles. The molecule has 0 aromatic heterocycles. The molecule has 0 unspecified atom stereocenters. The first-order valence-electron chi connectivity index (χ1n) is 18.5. The summed E-state index contributed by atoms with van der Waals surface area (Å²) in [5.41, 5.74) is 5.35. The fourth-order valence-corrected chi connectivity index (χ4v) is 6.06. The normalized spacial score (nSPS) is 9.81.